The number of rotatable bonds is 17. The Balaban J connectivity index is 1.69. The summed E-state index contributed by atoms with van der Waals surface area (Å²) < 4.78 is 49.6. The molecular formula is C44H65N3O18. The normalized spacial score (nSPS) is 24.1. The number of carbonyl (C=O) groups is 7. The number of methoxy groups -OCH3 is 1. The lowest BCUT2D eigenvalue weighted by molar-refractivity contribution is -0.282. The fraction of sp³-hybridized carbons (Fsp3) is 0.659. The van der Waals surface area contributed by atoms with Crippen LogP contribution in [0.2, 0.25) is 0 Å². The molecule has 21 heteroatoms. The molecule has 1 saturated heterocycles. The van der Waals surface area contributed by atoms with Crippen molar-refractivity contribution in [3.63, 3.8) is 0 Å². The Kier molecular flexibility index (Phi) is 19.1. The average Bonchev–Trinajstić information content (AvgIpc) is 3.17. The summed E-state index contributed by atoms with van der Waals surface area (Å²) in [5.41, 5.74) is -3.58. The fourth-order valence-electron chi connectivity index (χ4n) is 6.67. The van der Waals surface area contributed by atoms with Crippen molar-refractivity contribution in [2.45, 2.75) is 155 Å². The molecule has 0 saturated carbocycles. The molecule has 3 rings (SSSR count). The highest BCUT2D eigenvalue weighted by Gasteiger charge is 2.56. The maximum Gasteiger partial charge on any atom is 0.412 e. The Bertz CT molecular complexity index is 1890. The van der Waals surface area contributed by atoms with E-state index in [1.165, 1.54) is 18.2 Å². The van der Waals surface area contributed by atoms with E-state index in [9.17, 15) is 43.8 Å². The summed E-state index contributed by atoms with van der Waals surface area (Å²) in [6.07, 6.45) is -7.01. The Morgan fingerprint density at radius 2 is 1.46 bits per heavy atom. The van der Waals surface area contributed by atoms with Gasteiger partial charge in [0.15, 0.2) is 18.3 Å². The molecule has 1 fully saturated rings. The van der Waals surface area contributed by atoms with E-state index in [2.05, 4.69) is 16.0 Å². The highest BCUT2D eigenvalue weighted by Crippen LogP contribution is 2.34. The molecule has 1 aromatic rings. The summed E-state index contributed by atoms with van der Waals surface area (Å²) in [7, 11) is 1.03. The fourth-order valence-corrected chi connectivity index (χ4v) is 6.67. The van der Waals surface area contributed by atoms with Gasteiger partial charge in [0.25, 0.3) is 5.91 Å². The number of alkyl carbamates (subject to hydrolysis) is 1. The number of esters is 4. The summed E-state index contributed by atoms with van der Waals surface area (Å²) in [5.74, 6) is -4.48. The van der Waals surface area contributed by atoms with Gasteiger partial charge in [-0.2, -0.15) is 0 Å². The standard InChI is InChI=1S/C44H65N3O18/c1-25(49)59-32-33(60-26(2)50)35(61-27(3)51)37(64-34(32)36(52)57-11)63-31-20-29(16-15-28(31)21-48)46-40(55)62-30-14-12-13-18-44(56,19-17-30)38(53)47-43(9,10)24-58-23-42(7,8)22-45-39(54)65-41(4,5)6/h12,14-16,20,30,32-35,37,48,56H,13,17-19,21-24H2,1-11H3,(H,45,54)(H,46,55)(H,47,53)/b14-12+/t30-,32+,33+,34+,35-,37-,44-/m1/s1. The van der Waals surface area contributed by atoms with Gasteiger partial charge in [-0.15, -0.1) is 0 Å². The largest absolute Gasteiger partial charge is 0.467 e. The quantitative estimate of drug-likeness (QED) is 0.0849. The lowest BCUT2D eigenvalue weighted by atomic mass is 9.87. The van der Waals surface area contributed by atoms with Crippen molar-refractivity contribution in [1.29, 1.82) is 0 Å². The molecule has 0 spiro atoms. The van der Waals surface area contributed by atoms with Gasteiger partial charge in [0, 0.05) is 50.0 Å². The Labute approximate surface area is 378 Å². The van der Waals surface area contributed by atoms with E-state index in [0.717, 1.165) is 27.9 Å². The van der Waals surface area contributed by atoms with E-state index in [4.69, 9.17) is 42.6 Å². The zero-order valence-electron chi connectivity index (χ0n) is 38.9. The predicted molar refractivity (Wildman–Crippen MR) is 228 cm³/mol. The van der Waals surface area contributed by atoms with E-state index in [0.29, 0.717) is 6.42 Å². The van der Waals surface area contributed by atoms with Crippen LogP contribution in [0.15, 0.2) is 30.4 Å². The number of allylic oxidation sites excluding steroid dienone is 1. The van der Waals surface area contributed by atoms with Crippen molar-refractivity contribution in [2.24, 2.45) is 5.41 Å². The molecule has 3 amide bonds. The van der Waals surface area contributed by atoms with E-state index in [1.807, 2.05) is 13.8 Å². The third kappa shape index (κ3) is 17.4. The summed E-state index contributed by atoms with van der Waals surface area (Å²) in [6.45, 7) is 15.8. The van der Waals surface area contributed by atoms with Crippen LogP contribution in [0.4, 0.5) is 15.3 Å². The summed E-state index contributed by atoms with van der Waals surface area (Å²) in [4.78, 5) is 88.3. The summed E-state index contributed by atoms with van der Waals surface area (Å²) >= 11 is 0. The number of amides is 3. The maximum atomic E-state index is 13.6. The van der Waals surface area contributed by atoms with Gasteiger partial charge >= 0.3 is 36.1 Å². The van der Waals surface area contributed by atoms with Gasteiger partial charge < -0.3 is 63.5 Å². The third-order valence-electron chi connectivity index (χ3n) is 9.68. The molecule has 0 aromatic heterocycles. The van der Waals surface area contributed by atoms with Crippen molar-refractivity contribution in [2.75, 3.05) is 32.2 Å². The van der Waals surface area contributed by atoms with Gasteiger partial charge in [0.1, 0.15) is 23.1 Å². The Morgan fingerprint density at radius 1 is 0.831 bits per heavy atom. The van der Waals surface area contributed by atoms with Gasteiger partial charge in [-0.3, -0.25) is 24.5 Å². The monoisotopic (exact) mass is 923 g/mol. The first-order chi connectivity index (χ1) is 30.2. The second-order valence-electron chi connectivity index (χ2n) is 18.2. The number of hydrogen-bond donors (Lipinski definition) is 5. The van der Waals surface area contributed by atoms with Crippen LogP contribution in [0.3, 0.4) is 0 Å². The highest BCUT2D eigenvalue weighted by molar-refractivity contribution is 5.86. The van der Waals surface area contributed by atoms with Crippen LogP contribution in [0, 0.1) is 5.41 Å². The molecule has 364 valence electrons. The van der Waals surface area contributed by atoms with E-state index in [1.54, 1.807) is 46.8 Å². The number of hydrogen-bond acceptors (Lipinski definition) is 18. The molecular weight excluding hydrogens is 858 g/mol. The number of anilines is 1. The maximum absolute atomic E-state index is 13.6. The van der Waals surface area contributed by atoms with E-state index < -0.39 is 108 Å². The first-order valence-corrected chi connectivity index (χ1v) is 21.1. The minimum Gasteiger partial charge on any atom is -0.467 e. The minimum atomic E-state index is -1.81. The van der Waals surface area contributed by atoms with Crippen molar-refractivity contribution in [3.05, 3.63) is 35.9 Å². The van der Waals surface area contributed by atoms with E-state index >= 15 is 0 Å². The van der Waals surface area contributed by atoms with Crippen LogP contribution in [0.1, 0.15) is 100 Å². The van der Waals surface area contributed by atoms with Crippen LogP contribution >= 0.6 is 0 Å². The molecule has 0 bridgehead atoms. The topological polar surface area (TPSA) is 279 Å². The molecule has 1 aliphatic carbocycles. The molecule has 5 N–H and O–H groups in total. The number of aliphatic hydroxyl groups excluding tert-OH is 1. The molecule has 7 atom stereocenters. The smallest absolute Gasteiger partial charge is 0.412 e. The first-order valence-electron chi connectivity index (χ1n) is 21.1. The molecule has 1 aromatic carbocycles. The number of carbonyl (C=O) groups excluding carboxylic acids is 7. The molecule has 0 radical (unpaired) electrons. The second-order valence-corrected chi connectivity index (χ2v) is 18.2. The zero-order chi connectivity index (χ0) is 48.9. The predicted octanol–water partition coefficient (Wildman–Crippen LogP) is 3.49. The number of aliphatic hydroxyl groups is 2. The van der Waals surface area contributed by atoms with Crippen molar-refractivity contribution >= 4 is 47.7 Å². The second kappa shape index (κ2) is 23.1. The molecule has 1 heterocycles. The van der Waals surface area contributed by atoms with Crippen LogP contribution < -0.4 is 20.7 Å². The first kappa shape index (κ1) is 53.8. The molecule has 21 nitrogen and oxygen atoms in total. The zero-order valence-corrected chi connectivity index (χ0v) is 38.9. The van der Waals surface area contributed by atoms with Gasteiger partial charge in [0.2, 0.25) is 12.4 Å². The molecule has 2 aliphatic rings. The number of ether oxygens (including phenoxy) is 9. The number of benzene rings is 1. The minimum absolute atomic E-state index is 0.0608. The Hall–Kier alpha value is -5.51. The summed E-state index contributed by atoms with van der Waals surface area (Å²) in [5, 5.41) is 29.9. The lowest BCUT2D eigenvalue weighted by Crippen LogP contribution is -2.64. The summed E-state index contributed by atoms with van der Waals surface area (Å²) in [6, 6.07) is 4.09. The van der Waals surface area contributed by atoms with E-state index in [-0.39, 0.29) is 56.0 Å². The SMILES string of the molecule is COC(=O)[C@H]1O[C@@H](Oc2cc(NC(=O)O[C@@H]3/C=C/CC[C@](O)(C(=O)NC(C)(C)COCC(C)(C)CNC(=O)OC(C)(C)C)CC3)ccc2CO)[C@H](OC(C)=O)[C@@H](OC(C)=O)[C@@H]1OC(C)=O. The average molecular weight is 924 g/mol. The van der Waals surface area contributed by atoms with Crippen LogP contribution in [-0.4, -0.2) is 133 Å². The van der Waals surface area contributed by atoms with Crippen LogP contribution in [-0.2, 0) is 68.5 Å². The molecule has 1 aliphatic heterocycles. The van der Waals surface area contributed by atoms with Crippen LogP contribution in [0.25, 0.3) is 0 Å². The third-order valence-corrected chi connectivity index (χ3v) is 9.68. The van der Waals surface area contributed by atoms with Crippen molar-refractivity contribution < 1.29 is 86.4 Å². The molecule has 0 unspecified atom stereocenters. The van der Waals surface area contributed by atoms with Crippen LogP contribution in [0.5, 0.6) is 5.75 Å². The van der Waals surface area contributed by atoms with Gasteiger partial charge in [-0.05, 0) is 72.4 Å². The van der Waals surface area contributed by atoms with Gasteiger partial charge in [0.05, 0.1) is 32.5 Å². The van der Waals surface area contributed by atoms with Gasteiger partial charge in [-0.1, -0.05) is 26.0 Å². The lowest BCUT2D eigenvalue weighted by Gasteiger charge is -2.43. The number of nitrogens with one attached hydrogen (secondary N) is 3. The highest BCUT2D eigenvalue weighted by atomic mass is 16.7. The Morgan fingerprint density at radius 3 is 2.06 bits per heavy atom. The van der Waals surface area contributed by atoms with Crippen molar-refractivity contribution in [1.82, 2.24) is 10.6 Å². The van der Waals surface area contributed by atoms with Gasteiger partial charge in [-0.25, -0.2) is 14.4 Å². The van der Waals surface area contributed by atoms with Crippen molar-refractivity contribution in [3.8, 4) is 5.75 Å². The molecule has 65 heavy (non-hydrogen) atoms.